The molecule has 0 radical (unpaired) electrons. The fraction of sp³-hybridized carbons (Fsp3) is 0.455. The molecule has 0 saturated heterocycles. The number of benzene rings is 2. The molecule has 0 unspecified atom stereocenters. The van der Waals surface area contributed by atoms with Gasteiger partial charge in [-0.3, -0.25) is 0 Å². The Balaban J connectivity index is 2.19. The van der Waals surface area contributed by atoms with Gasteiger partial charge in [-0.05, 0) is 49.2 Å². The van der Waals surface area contributed by atoms with Crippen molar-refractivity contribution in [2.24, 2.45) is 0 Å². The first-order valence-corrected chi connectivity index (χ1v) is 9.34. The normalized spacial score (nSPS) is 13.9. The lowest BCUT2D eigenvalue weighted by atomic mass is 10.0. The summed E-state index contributed by atoms with van der Waals surface area (Å²) in [6.45, 7) is 3.47. The molecule has 0 spiro atoms. The first-order valence-electron chi connectivity index (χ1n) is 9.34. The second-order valence-corrected chi connectivity index (χ2v) is 6.76. The standard InChI is InChI=1S/C22H30O7/c1-13(9-15-10-19(26-4)22(28-6)20(11-15)27-5)29-17-8-7-16(12-18(17)25-3)21(24)14(2)23/h7-8,10-14,21,23-24H,9H2,1-6H3/t13-,14+,21+/m0/s1. The Hall–Kier alpha value is -2.64. The third kappa shape index (κ3) is 5.46. The maximum Gasteiger partial charge on any atom is 0.203 e. The summed E-state index contributed by atoms with van der Waals surface area (Å²) in [5.74, 6) is 2.75. The van der Waals surface area contributed by atoms with Crippen LogP contribution >= 0.6 is 0 Å². The van der Waals surface area contributed by atoms with E-state index >= 15 is 0 Å². The molecule has 2 N–H and O–H groups in total. The summed E-state index contributed by atoms with van der Waals surface area (Å²) in [4.78, 5) is 0. The number of aliphatic hydroxyl groups excluding tert-OH is 2. The van der Waals surface area contributed by atoms with Crippen LogP contribution in [-0.2, 0) is 6.42 Å². The van der Waals surface area contributed by atoms with Crippen LogP contribution in [0, 0.1) is 0 Å². The fourth-order valence-electron chi connectivity index (χ4n) is 3.09. The Labute approximate surface area is 171 Å². The van der Waals surface area contributed by atoms with Crippen LogP contribution in [0.3, 0.4) is 0 Å². The van der Waals surface area contributed by atoms with Crippen molar-refractivity contribution in [3.05, 3.63) is 41.5 Å². The predicted octanol–water partition coefficient (Wildman–Crippen LogP) is 3.15. The van der Waals surface area contributed by atoms with Gasteiger partial charge in [-0.25, -0.2) is 0 Å². The van der Waals surface area contributed by atoms with Crippen molar-refractivity contribution in [3.63, 3.8) is 0 Å². The highest BCUT2D eigenvalue weighted by Gasteiger charge is 2.19. The molecule has 0 aliphatic carbocycles. The van der Waals surface area contributed by atoms with Crippen LogP contribution in [0.1, 0.15) is 31.1 Å². The molecule has 7 nitrogen and oxygen atoms in total. The molecule has 2 aromatic rings. The number of rotatable bonds is 10. The molecule has 7 heteroatoms. The molecule has 3 atom stereocenters. The van der Waals surface area contributed by atoms with Crippen molar-refractivity contribution in [3.8, 4) is 28.7 Å². The molecule has 2 rings (SSSR count). The van der Waals surface area contributed by atoms with Crippen molar-refractivity contribution in [1.82, 2.24) is 0 Å². The van der Waals surface area contributed by atoms with E-state index in [1.54, 1.807) is 39.5 Å². The van der Waals surface area contributed by atoms with Crippen molar-refractivity contribution >= 4 is 0 Å². The number of aliphatic hydroxyl groups is 2. The van der Waals surface area contributed by atoms with Gasteiger partial charge < -0.3 is 33.9 Å². The lowest BCUT2D eigenvalue weighted by Crippen LogP contribution is -2.17. The first-order chi connectivity index (χ1) is 13.8. The Kier molecular flexibility index (Phi) is 7.99. The van der Waals surface area contributed by atoms with Crippen molar-refractivity contribution in [1.29, 1.82) is 0 Å². The molecule has 0 fully saturated rings. The minimum absolute atomic E-state index is 0.181. The Morgan fingerprint density at radius 3 is 1.83 bits per heavy atom. The van der Waals surface area contributed by atoms with Gasteiger partial charge in [0.25, 0.3) is 0 Å². The van der Waals surface area contributed by atoms with Crippen LogP contribution in [0.15, 0.2) is 30.3 Å². The van der Waals surface area contributed by atoms with E-state index < -0.39 is 12.2 Å². The largest absolute Gasteiger partial charge is 0.493 e. The summed E-state index contributed by atoms with van der Waals surface area (Å²) in [6, 6.07) is 8.88. The number of methoxy groups -OCH3 is 4. The number of hydrogen-bond acceptors (Lipinski definition) is 7. The van der Waals surface area contributed by atoms with Crippen LogP contribution < -0.4 is 23.7 Å². The van der Waals surface area contributed by atoms with E-state index in [1.807, 2.05) is 19.1 Å². The molecule has 0 amide bonds. The highest BCUT2D eigenvalue weighted by Crippen LogP contribution is 2.39. The van der Waals surface area contributed by atoms with Crippen molar-refractivity contribution < 1.29 is 33.9 Å². The maximum atomic E-state index is 10.0. The van der Waals surface area contributed by atoms with Crippen LogP contribution in [0.25, 0.3) is 0 Å². The second-order valence-electron chi connectivity index (χ2n) is 6.76. The quantitative estimate of drug-likeness (QED) is 0.627. The molecule has 0 aliphatic heterocycles. The highest BCUT2D eigenvalue weighted by molar-refractivity contribution is 5.54. The zero-order valence-corrected chi connectivity index (χ0v) is 17.8. The van der Waals surface area contributed by atoms with E-state index in [0.717, 1.165) is 5.56 Å². The number of hydrogen-bond donors (Lipinski definition) is 2. The topological polar surface area (TPSA) is 86.6 Å². The van der Waals surface area contributed by atoms with Crippen LogP contribution in [0.4, 0.5) is 0 Å². The fourth-order valence-corrected chi connectivity index (χ4v) is 3.09. The summed E-state index contributed by atoms with van der Waals surface area (Å²) in [7, 11) is 6.25. The SMILES string of the molecule is COc1cc([C@H](O)[C@@H](C)O)ccc1O[C@@H](C)Cc1cc(OC)c(OC)c(OC)c1. The number of ether oxygens (including phenoxy) is 5. The molecule has 0 aromatic heterocycles. The van der Waals surface area contributed by atoms with Gasteiger partial charge in [0.15, 0.2) is 23.0 Å². The van der Waals surface area contributed by atoms with E-state index in [0.29, 0.717) is 40.7 Å². The van der Waals surface area contributed by atoms with Gasteiger partial charge in [0.05, 0.1) is 34.5 Å². The third-order valence-corrected chi connectivity index (χ3v) is 4.56. The van der Waals surface area contributed by atoms with Gasteiger partial charge in [-0.2, -0.15) is 0 Å². The molecule has 0 saturated carbocycles. The summed E-state index contributed by atoms with van der Waals surface area (Å²) in [5, 5.41) is 19.6. The molecule has 0 aliphatic rings. The maximum absolute atomic E-state index is 10.0. The molecule has 29 heavy (non-hydrogen) atoms. The third-order valence-electron chi connectivity index (χ3n) is 4.56. The Morgan fingerprint density at radius 2 is 1.34 bits per heavy atom. The smallest absolute Gasteiger partial charge is 0.203 e. The lowest BCUT2D eigenvalue weighted by Gasteiger charge is -2.20. The summed E-state index contributed by atoms with van der Waals surface area (Å²) >= 11 is 0. The Morgan fingerprint density at radius 1 is 0.759 bits per heavy atom. The molecular weight excluding hydrogens is 376 g/mol. The van der Waals surface area contributed by atoms with E-state index in [-0.39, 0.29) is 6.10 Å². The van der Waals surface area contributed by atoms with Crippen molar-refractivity contribution in [2.75, 3.05) is 28.4 Å². The molecule has 0 heterocycles. The average Bonchev–Trinajstić information content (AvgIpc) is 2.72. The summed E-state index contributed by atoms with van der Waals surface area (Å²) in [6.07, 6.45) is -1.46. The first kappa shape index (κ1) is 22.6. The average molecular weight is 406 g/mol. The van der Waals surface area contributed by atoms with Gasteiger partial charge in [0, 0.05) is 6.42 Å². The Bertz CT molecular complexity index is 779. The van der Waals surface area contributed by atoms with Gasteiger partial charge in [-0.1, -0.05) is 6.07 Å². The zero-order chi connectivity index (χ0) is 21.6. The zero-order valence-electron chi connectivity index (χ0n) is 17.8. The van der Waals surface area contributed by atoms with Crippen LogP contribution in [0.2, 0.25) is 0 Å². The van der Waals surface area contributed by atoms with E-state index in [4.69, 9.17) is 23.7 Å². The predicted molar refractivity (Wildman–Crippen MR) is 110 cm³/mol. The molecule has 160 valence electrons. The second kappa shape index (κ2) is 10.2. The van der Waals surface area contributed by atoms with Crippen LogP contribution in [0.5, 0.6) is 28.7 Å². The summed E-state index contributed by atoms with van der Waals surface area (Å²) in [5.41, 5.74) is 1.52. The van der Waals surface area contributed by atoms with E-state index in [2.05, 4.69) is 0 Å². The molecule has 2 aromatic carbocycles. The minimum Gasteiger partial charge on any atom is -0.493 e. The van der Waals surface area contributed by atoms with E-state index in [1.165, 1.54) is 14.0 Å². The minimum atomic E-state index is -0.991. The van der Waals surface area contributed by atoms with Crippen LogP contribution in [-0.4, -0.2) is 50.9 Å². The van der Waals surface area contributed by atoms with Gasteiger partial charge in [0.1, 0.15) is 12.2 Å². The van der Waals surface area contributed by atoms with Crippen molar-refractivity contribution in [2.45, 2.75) is 38.6 Å². The van der Waals surface area contributed by atoms with Gasteiger partial charge in [0.2, 0.25) is 5.75 Å². The van der Waals surface area contributed by atoms with Gasteiger partial charge >= 0.3 is 0 Å². The van der Waals surface area contributed by atoms with E-state index in [9.17, 15) is 10.2 Å². The summed E-state index contributed by atoms with van der Waals surface area (Å²) < 4.78 is 27.6. The van der Waals surface area contributed by atoms with Gasteiger partial charge in [-0.15, -0.1) is 0 Å². The highest BCUT2D eigenvalue weighted by atomic mass is 16.5. The molecule has 0 bridgehead atoms. The molecular formula is C22H30O7. The monoisotopic (exact) mass is 406 g/mol. The lowest BCUT2D eigenvalue weighted by molar-refractivity contribution is 0.0303.